The normalized spacial score (nSPS) is 16.4. The number of rotatable bonds is 6. The van der Waals surface area contributed by atoms with Crippen LogP contribution in [0.1, 0.15) is 33.4 Å². The van der Waals surface area contributed by atoms with Crippen molar-refractivity contribution in [1.82, 2.24) is 9.62 Å². The van der Waals surface area contributed by atoms with Gasteiger partial charge in [-0.15, -0.1) is 0 Å². The predicted octanol–water partition coefficient (Wildman–Crippen LogP) is 3.45. The average Bonchev–Trinajstić information content (AvgIpc) is 2.80. The zero-order chi connectivity index (χ0) is 26.3. The standard InChI is InChI=1S/C27H30N2O5S2/c1-18-13-19(2)26(20(3)14-18)36(33,34)29-17-23-8-6-5-7-22(23)15-25(29)27(30)28-16-21-9-11-24(12-10-21)35(4,31)32/h5-14,25H,15-17H2,1-4H3,(H,28,30). The Labute approximate surface area is 213 Å². The maximum absolute atomic E-state index is 14.0. The zero-order valence-corrected chi connectivity index (χ0v) is 22.4. The highest BCUT2D eigenvalue weighted by atomic mass is 32.2. The Kier molecular flexibility index (Phi) is 7.10. The fourth-order valence-electron chi connectivity index (χ4n) is 4.83. The highest BCUT2D eigenvalue weighted by Crippen LogP contribution is 2.32. The maximum atomic E-state index is 14.0. The molecule has 0 bridgehead atoms. The van der Waals surface area contributed by atoms with E-state index in [1.54, 1.807) is 26.0 Å². The molecule has 0 saturated carbocycles. The molecule has 190 valence electrons. The van der Waals surface area contributed by atoms with Crippen LogP contribution in [0.4, 0.5) is 0 Å². The molecule has 36 heavy (non-hydrogen) atoms. The van der Waals surface area contributed by atoms with Crippen molar-refractivity contribution in [3.8, 4) is 0 Å². The van der Waals surface area contributed by atoms with E-state index >= 15 is 0 Å². The van der Waals surface area contributed by atoms with Gasteiger partial charge in [-0.25, -0.2) is 16.8 Å². The largest absolute Gasteiger partial charge is 0.351 e. The number of amides is 1. The summed E-state index contributed by atoms with van der Waals surface area (Å²) in [5.41, 5.74) is 4.81. The van der Waals surface area contributed by atoms with E-state index in [1.165, 1.54) is 16.4 Å². The van der Waals surface area contributed by atoms with E-state index in [0.717, 1.165) is 22.9 Å². The number of nitrogens with one attached hydrogen (secondary N) is 1. The Hall–Kier alpha value is -3.01. The predicted molar refractivity (Wildman–Crippen MR) is 139 cm³/mol. The molecule has 0 radical (unpaired) electrons. The van der Waals surface area contributed by atoms with Crippen molar-refractivity contribution in [1.29, 1.82) is 0 Å². The van der Waals surface area contributed by atoms with Crippen molar-refractivity contribution in [3.05, 3.63) is 94.0 Å². The molecule has 1 amide bonds. The molecule has 4 rings (SSSR count). The van der Waals surface area contributed by atoms with Crippen LogP contribution in [0.3, 0.4) is 0 Å². The molecule has 1 atom stereocenters. The molecule has 3 aromatic rings. The van der Waals surface area contributed by atoms with Crippen LogP contribution in [0, 0.1) is 20.8 Å². The van der Waals surface area contributed by atoms with Gasteiger partial charge in [-0.1, -0.05) is 54.1 Å². The number of hydrogen-bond donors (Lipinski definition) is 1. The monoisotopic (exact) mass is 526 g/mol. The first-order chi connectivity index (χ1) is 16.9. The van der Waals surface area contributed by atoms with Crippen molar-refractivity contribution < 1.29 is 21.6 Å². The van der Waals surface area contributed by atoms with Crippen LogP contribution in [0.25, 0.3) is 0 Å². The Bertz CT molecular complexity index is 1510. The van der Waals surface area contributed by atoms with Crippen molar-refractivity contribution in [2.75, 3.05) is 6.26 Å². The molecular weight excluding hydrogens is 496 g/mol. The van der Waals surface area contributed by atoms with Crippen LogP contribution in [-0.2, 0) is 44.2 Å². The van der Waals surface area contributed by atoms with Gasteiger partial charge >= 0.3 is 0 Å². The summed E-state index contributed by atoms with van der Waals surface area (Å²) in [6.45, 7) is 5.73. The highest BCUT2D eigenvalue weighted by Gasteiger charge is 2.40. The minimum absolute atomic E-state index is 0.104. The summed E-state index contributed by atoms with van der Waals surface area (Å²) >= 11 is 0. The number of hydrogen-bond acceptors (Lipinski definition) is 5. The van der Waals surface area contributed by atoms with Gasteiger partial charge in [0.2, 0.25) is 15.9 Å². The fraction of sp³-hybridized carbons (Fsp3) is 0.296. The minimum atomic E-state index is -3.98. The minimum Gasteiger partial charge on any atom is -0.351 e. The molecule has 1 aliphatic rings. The number of sulfone groups is 1. The Balaban J connectivity index is 1.65. The molecule has 1 heterocycles. The number of carbonyl (C=O) groups is 1. The van der Waals surface area contributed by atoms with Gasteiger partial charge in [-0.2, -0.15) is 4.31 Å². The van der Waals surface area contributed by atoms with Crippen LogP contribution >= 0.6 is 0 Å². The number of carbonyl (C=O) groups excluding carboxylic acids is 1. The summed E-state index contributed by atoms with van der Waals surface area (Å²) in [6.07, 6.45) is 1.40. The van der Waals surface area contributed by atoms with E-state index in [9.17, 15) is 21.6 Å². The Morgan fingerprint density at radius 3 is 2.08 bits per heavy atom. The lowest BCUT2D eigenvalue weighted by molar-refractivity contribution is -0.125. The summed E-state index contributed by atoms with van der Waals surface area (Å²) in [4.78, 5) is 13.8. The van der Waals surface area contributed by atoms with Crippen LogP contribution in [-0.4, -0.2) is 39.3 Å². The van der Waals surface area contributed by atoms with Crippen molar-refractivity contribution in [2.24, 2.45) is 0 Å². The van der Waals surface area contributed by atoms with E-state index in [4.69, 9.17) is 0 Å². The van der Waals surface area contributed by atoms with Gasteiger partial charge in [0.15, 0.2) is 9.84 Å². The van der Waals surface area contributed by atoms with Gasteiger partial charge in [0.05, 0.1) is 9.79 Å². The first-order valence-corrected chi connectivity index (χ1v) is 14.9. The molecule has 3 aromatic carbocycles. The van der Waals surface area contributed by atoms with Gasteiger partial charge in [0, 0.05) is 19.3 Å². The number of nitrogens with zero attached hydrogens (tertiary/aromatic N) is 1. The van der Waals surface area contributed by atoms with Crippen LogP contribution in [0.2, 0.25) is 0 Å². The molecule has 0 spiro atoms. The third kappa shape index (κ3) is 5.23. The fourth-order valence-corrected chi connectivity index (χ4v) is 7.44. The highest BCUT2D eigenvalue weighted by molar-refractivity contribution is 7.90. The van der Waals surface area contributed by atoms with Crippen LogP contribution < -0.4 is 5.32 Å². The van der Waals surface area contributed by atoms with Gasteiger partial charge in [-0.3, -0.25) is 4.79 Å². The van der Waals surface area contributed by atoms with Gasteiger partial charge in [0.25, 0.3) is 0 Å². The van der Waals surface area contributed by atoms with Crippen LogP contribution in [0.5, 0.6) is 0 Å². The summed E-state index contributed by atoms with van der Waals surface area (Å²) in [6, 6.07) is 16.6. The molecule has 1 N–H and O–H groups in total. The molecule has 1 aliphatic heterocycles. The van der Waals surface area contributed by atoms with Crippen molar-refractivity contribution >= 4 is 25.8 Å². The Morgan fingerprint density at radius 1 is 0.917 bits per heavy atom. The first-order valence-electron chi connectivity index (χ1n) is 11.6. The van der Waals surface area contributed by atoms with Gasteiger partial charge in [0.1, 0.15) is 6.04 Å². The van der Waals surface area contributed by atoms with E-state index in [2.05, 4.69) is 5.32 Å². The molecule has 0 saturated heterocycles. The molecule has 0 aliphatic carbocycles. The third-order valence-corrected chi connectivity index (χ3v) is 9.79. The summed E-state index contributed by atoms with van der Waals surface area (Å²) in [5.74, 6) is -0.400. The number of sulfonamides is 1. The number of benzene rings is 3. The SMILES string of the molecule is Cc1cc(C)c(S(=O)(=O)N2Cc3ccccc3CC2C(=O)NCc2ccc(S(C)(=O)=O)cc2)c(C)c1. The first kappa shape index (κ1) is 26.1. The second-order valence-corrected chi connectivity index (χ2v) is 13.2. The third-order valence-electron chi connectivity index (χ3n) is 6.50. The molecular formula is C27H30N2O5S2. The lowest BCUT2D eigenvalue weighted by atomic mass is 9.95. The van der Waals surface area contributed by atoms with Gasteiger partial charge in [-0.05, 0) is 67.1 Å². The second-order valence-electron chi connectivity index (χ2n) is 9.40. The van der Waals surface area contributed by atoms with E-state index < -0.39 is 31.8 Å². The van der Waals surface area contributed by atoms with E-state index in [1.807, 2.05) is 43.3 Å². The number of fused-ring (bicyclic) bond motifs is 1. The summed E-state index contributed by atoms with van der Waals surface area (Å²) < 4.78 is 52.6. The summed E-state index contributed by atoms with van der Waals surface area (Å²) in [5, 5.41) is 2.86. The average molecular weight is 527 g/mol. The lowest BCUT2D eigenvalue weighted by Crippen LogP contribution is -2.52. The second kappa shape index (κ2) is 9.80. The summed E-state index contributed by atoms with van der Waals surface area (Å²) in [7, 11) is -7.29. The molecule has 0 fully saturated rings. The zero-order valence-electron chi connectivity index (χ0n) is 20.8. The van der Waals surface area contributed by atoms with Crippen LogP contribution in [0.15, 0.2) is 70.5 Å². The van der Waals surface area contributed by atoms with E-state index in [0.29, 0.717) is 16.7 Å². The number of aryl methyl sites for hydroxylation is 3. The maximum Gasteiger partial charge on any atom is 0.244 e. The molecule has 0 aromatic heterocycles. The smallest absolute Gasteiger partial charge is 0.244 e. The Morgan fingerprint density at radius 2 is 1.50 bits per heavy atom. The quantitative estimate of drug-likeness (QED) is 0.530. The van der Waals surface area contributed by atoms with Crippen molar-refractivity contribution in [2.45, 2.75) is 56.1 Å². The molecule has 9 heteroatoms. The van der Waals surface area contributed by atoms with Gasteiger partial charge < -0.3 is 5.32 Å². The van der Waals surface area contributed by atoms with Crippen molar-refractivity contribution in [3.63, 3.8) is 0 Å². The lowest BCUT2D eigenvalue weighted by Gasteiger charge is -2.35. The molecule has 1 unspecified atom stereocenters. The topological polar surface area (TPSA) is 101 Å². The van der Waals surface area contributed by atoms with E-state index in [-0.39, 0.29) is 29.3 Å². The molecule has 7 nitrogen and oxygen atoms in total.